The highest BCUT2D eigenvalue weighted by Gasteiger charge is 2.17. The van der Waals surface area contributed by atoms with Crippen molar-refractivity contribution in [3.63, 3.8) is 0 Å². The maximum absolute atomic E-state index is 12.6. The zero-order chi connectivity index (χ0) is 16.6. The van der Waals surface area contributed by atoms with Crippen molar-refractivity contribution in [1.82, 2.24) is 19.7 Å². The third-order valence-corrected chi connectivity index (χ3v) is 3.58. The number of nitrogens with zero attached hydrogens (tertiary/aromatic N) is 4. The number of hydrogen-bond donors (Lipinski definition) is 1. The highest BCUT2D eigenvalue weighted by molar-refractivity contribution is 6.11. The molecule has 3 heterocycles. The van der Waals surface area contributed by atoms with Crippen molar-refractivity contribution in [3.8, 4) is 0 Å². The summed E-state index contributed by atoms with van der Waals surface area (Å²) in [4.78, 5) is 21.4. The first kappa shape index (κ1) is 15.1. The van der Waals surface area contributed by atoms with Crippen molar-refractivity contribution >= 4 is 22.8 Å². The van der Waals surface area contributed by atoms with E-state index in [4.69, 9.17) is 0 Å². The first-order valence-electron chi connectivity index (χ1n) is 7.54. The van der Waals surface area contributed by atoms with Gasteiger partial charge in [-0.1, -0.05) is 6.07 Å². The molecule has 118 valence electrons. The van der Waals surface area contributed by atoms with Crippen LogP contribution in [0.1, 0.15) is 41.5 Å². The average Bonchev–Trinajstić information content (AvgIpc) is 2.92. The molecule has 0 aliphatic rings. The molecule has 3 aromatic rings. The molecule has 6 nitrogen and oxygen atoms in total. The molecular formula is C17H19N5O. The van der Waals surface area contributed by atoms with Crippen LogP contribution in [0.3, 0.4) is 0 Å². The molecule has 6 heteroatoms. The molecule has 0 unspecified atom stereocenters. The molecule has 0 aliphatic carbocycles. The Morgan fingerprint density at radius 1 is 1.22 bits per heavy atom. The molecule has 3 rings (SSSR count). The van der Waals surface area contributed by atoms with E-state index in [0.717, 1.165) is 22.3 Å². The lowest BCUT2D eigenvalue weighted by atomic mass is 10.1. The normalized spacial score (nSPS) is 11.2. The summed E-state index contributed by atoms with van der Waals surface area (Å²) in [5.41, 5.74) is 3.11. The summed E-state index contributed by atoms with van der Waals surface area (Å²) in [5.74, 6) is 0.319. The Morgan fingerprint density at radius 2 is 2.00 bits per heavy atom. The largest absolute Gasteiger partial charge is 0.307 e. The van der Waals surface area contributed by atoms with Crippen LogP contribution in [-0.4, -0.2) is 25.7 Å². The van der Waals surface area contributed by atoms with Gasteiger partial charge in [-0.2, -0.15) is 5.10 Å². The van der Waals surface area contributed by atoms with Gasteiger partial charge in [0.1, 0.15) is 5.82 Å². The molecule has 23 heavy (non-hydrogen) atoms. The molecule has 0 radical (unpaired) electrons. The summed E-state index contributed by atoms with van der Waals surface area (Å²) in [7, 11) is 0. The summed E-state index contributed by atoms with van der Waals surface area (Å²) >= 11 is 0. The van der Waals surface area contributed by atoms with Crippen LogP contribution in [0.4, 0.5) is 5.82 Å². The molecule has 1 N–H and O–H groups in total. The second-order valence-electron chi connectivity index (χ2n) is 5.91. The second kappa shape index (κ2) is 5.79. The number of nitrogens with one attached hydrogen (secondary N) is 1. The van der Waals surface area contributed by atoms with E-state index in [1.54, 1.807) is 24.5 Å². The zero-order valence-electron chi connectivity index (χ0n) is 13.7. The highest BCUT2D eigenvalue weighted by Crippen LogP contribution is 2.21. The number of aryl methyl sites for hydroxylation is 2. The Bertz CT molecular complexity index is 865. The Labute approximate surface area is 134 Å². The third-order valence-electron chi connectivity index (χ3n) is 3.58. The number of aromatic nitrogens is 4. The second-order valence-corrected chi connectivity index (χ2v) is 5.91. The fraction of sp³-hybridized carbons (Fsp3) is 0.294. The van der Waals surface area contributed by atoms with Gasteiger partial charge in [0.05, 0.1) is 17.1 Å². The van der Waals surface area contributed by atoms with Crippen molar-refractivity contribution in [1.29, 1.82) is 0 Å². The van der Waals surface area contributed by atoms with Gasteiger partial charge in [-0.25, -0.2) is 14.6 Å². The maximum Gasteiger partial charge on any atom is 0.257 e. The van der Waals surface area contributed by atoms with E-state index < -0.39 is 0 Å². The van der Waals surface area contributed by atoms with Gasteiger partial charge in [-0.05, 0) is 45.4 Å². The SMILES string of the molecule is Cc1ccc(NC(=O)c2cc(C)nc3c2cnn3C(C)C)nc1. The van der Waals surface area contributed by atoms with E-state index in [-0.39, 0.29) is 11.9 Å². The van der Waals surface area contributed by atoms with Crippen LogP contribution in [0.5, 0.6) is 0 Å². The molecule has 0 spiro atoms. The summed E-state index contributed by atoms with van der Waals surface area (Å²) in [6.07, 6.45) is 3.42. The van der Waals surface area contributed by atoms with E-state index in [0.29, 0.717) is 11.4 Å². The summed E-state index contributed by atoms with van der Waals surface area (Å²) in [5, 5.41) is 7.93. The van der Waals surface area contributed by atoms with Crippen LogP contribution in [0.2, 0.25) is 0 Å². The van der Waals surface area contributed by atoms with E-state index in [2.05, 4.69) is 20.4 Å². The van der Waals surface area contributed by atoms with Gasteiger partial charge >= 0.3 is 0 Å². The molecular weight excluding hydrogens is 290 g/mol. The lowest BCUT2D eigenvalue weighted by Crippen LogP contribution is -2.14. The topological polar surface area (TPSA) is 72.7 Å². The lowest BCUT2D eigenvalue weighted by Gasteiger charge is -2.09. The number of anilines is 1. The maximum atomic E-state index is 12.6. The predicted molar refractivity (Wildman–Crippen MR) is 89.6 cm³/mol. The molecule has 0 aromatic carbocycles. The van der Waals surface area contributed by atoms with Gasteiger partial charge in [-0.15, -0.1) is 0 Å². The predicted octanol–water partition coefficient (Wildman–Crippen LogP) is 3.28. The molecule has 0 aliphatic heterocycles. The smallest absolute Gasteiger partial charge is 0.257 e. The Hall–Kier alpha value is -2.76. The first-order valence-corrected chi connectivity index (χ1v) is 7.54. The van der Waals surface area contributed by atoms with Crippen LogP contribution in [0.25, 0.3) is 11.0 Å². The van der Waals surface area contributed by atoms with Crippen molar-refractivity contribution in [2.24, 2.45) is 0 Å². The monoisotopic (exact) mass is 309 g/mol. The molecule has 0 atom stereocenters. The fourth-order valence-electron chi connectivity index (χ4n) is 2.43. The van der Waals surface area contributed by atoms with Gasteiger partial charge in [0.2, 0.25) is 0 Å². The van der Waals surface area contributed by atoms with Crippen molar-refractivity contribution in [3.05, 3.63) is 47.4 Å². The number of carbonyl (C=O) groups excluding carboxylic acids is 1. The summed E-state index contributed by atoms with van der Waals surface area (Å²) in [6, 6.07) is 5.65. The number of carbonyl (C=O) groups is 1. The van der Waals surface area contributed by atoms with Crippen LogP contribution in [-0.2, 0) is 0 Å². The highest BCUT2D eigenvalue weighted by atomic mass is 16.1. The number of hydrogen-bond acceptors (Lipinski definition) is 4. The number of rotatable bonds is 3. The van der Waals surface area contributed by atoms with Crippen LogP contribution < -0.4 is 5.32 Å². The van der Waals surface area contributed by atoms with E-state index in [9.17, 15) is 4.79 Å². The fourth-order valence-corrected chi connectivity index (χ4v) is 2.43. The molecule has 0 bridgehead atoms. The molecule has 3 aromatic heterocycles. The zero-order valence-corrected chi connectivity index (χ0v) is 13.7. The first-order chi connectivity index (χ1) is 11.0. The van der Waals surface area contributed by atoms with Gasteiger partial charge in [-0.3, -0.25) is 4.79 Å². The minimum absolute atomic E-state index is 0.177. The molecule has 0 fully saturated rings. The minimum Gasteiger partial charge on any atom is -0.307 e. The minimum atomic E-state index is -0.208. The summed E-state index contributed by atoms with van der Waals surface area (Å²) < 4.78 is 1.82. The van der Waals surface area contributed by atoms with Crippen molar-refractivity contribution in [2.45, 2.75) is 33.7 Å². The average molecular weight is 309 g/mol. The van der Waals surface area contributed by atoms with Crippen LogP contribution in [0, 0.1) is 13.8 Å². The lowest BCUT2D eigenvalue weighted by molar-refractivity contribution is 0.102. The van der Waals surface area contributed by atoms with Crippen molar-refractivity contribution in [2.75, 3.05) is 5.32 Å². The van der Waals surface area contributed by atoms with Crippen LogP contribution in [0.15, 0.2) is 30.6 Å². The quantitative estimate of drug-likeness (QED) is 0.806. The Kier molecular flexibility index (Phi) is 3.82. The molecule has 0 saturated heterocycles. The van der Waals surface area contributed by atoms with Crippen LogP contribution >= 0.6 is 0 Å². The number of amides is 1. The number of fused-ring (bicyclic) bond motifs is 1. The van der Waals surface area contributed by atoms with Gasteiger partial charge in [0, 0.05) is 17.9 Å². The number of pyridine rings is 2. The Balaban J connectivity index is 2.01. The van der Waals surface area contributed by atoms with Gasteiger partial charge in [0.25, 0.3) is 5.91 Å². The van der Waals surface area contributed by atoms with E-state index in [1.165, 1.54) is 0 Å². The van der Waals surface area contributed by atoms with E-state index in [1.807, 2.05) is 38.4 Å². The van der Waals surface area contributed by atoms with Crippen molar-refractivity contribution < 1.29 is 4.79 Å². The van der Waals surface area contributed by atoms with Gasteiger partial charge < -0.3 is 5.32 Å². The van der Waals surface area contributed by atoms with E-state index >= 15 is 0 Å². The van der Waals surface area contributed by atoms with Gasteiger partial charge in [0.15, 0.2) is 5.65 Å². The Morgan fingerprint density at radius 3 is 2.65 bits per heavy atom. The third kappa shape index (κ3) is 2.92. The standard InChI is InChI=1S/C17H19N5O/c1-10(2)22-16-14(9-19-22)13(7-12(4)20-16)17(23)21-15-6-5-11(3)8-18-15/h5-10H,1-4H3,(H,18,21,23). The molecule has 1 amide bonds. The summed E-state index contributed by atoms with van der Waals surface area (Å²) in [6.45, 7) is 7.89. The molecule has 0 saturated carbocycles.